The summed E-state index contributed by atoms with van der Waals surface area (Å²) >= 11 is 1.26. The van der Waals surface area contributed by atoms with Crippen molar-refractivity contribution < 1.29 is 4.39 Å². The minimum atomic E-state index is -0.292. The summed E-state index contributed by atoms with van der Waals surface area (Å²) in [5.74, 6) is 0. The molecule has 3 heterocycles. The Kier molecular flexibility index (Phi) is 5.50. The van der Waals surface area contributed by atoms with Gasteiger partial charge in [0.25, 0.3) is 0 Å². The number of likely N-dealkylation sites (tertiary alicyclic amines) is 1. The second-order valence-electron chi connectivity index (χ2n) is 9.13. The summed E-state index contributed by atoms with van der Waals surface area (Å²) in [4.78, 5) is 8.15. The van der Waals surface area contributed by atoms with Crippen molar-refractivity contribution >= 4 is 11.3 Å². The van der Waals surface area contributed by atoms with E-state index in [-0.39, 0.29) is 21.6 Å². The third-order valence-electron chi connectivity index (χ3n) is 6.61. The van der Waals surface area contributed by atoms with Gasteiger partial charge in [-0.15, -0.1) is 11.3 Å². The minimum Gasteiger partial charge on any atom is -0.325 e. The van der Waals surface area contributed by atoms with Crippen LogP contribution < -0.4 is 5.73 Å². The van der Waals surface area contributed by atoms with Gasteiger partial charge in [-0.2, -0.15) is 4.39 Å². The van der Waals surface area contributed by atoms with E-state index in [1.54, 1.807) is 6.07 Å². The van der Waals surface area contributed by atoms with Gasteiger partial charge in [-0.3, -0.25) is 9.88 Å². The lowest BCUT2D eigenvalue weighted by atomic mass is 9.68. The molecule has 1 fully saturated rings. The summed E-state index contributed by atoms with van der Waals surface area (Å²) in [5.41, 5.74) is 8.60. The smallest absolute Gasteiger partial charge is 0.176 e. The highest BCUT2D eigenvalue weighted by atomic mass is 32.1. The molecule has 0 aliphatic carbocycles. The van der Waals surface area contributed by atoms with Crippen molar-refractivity contribution in [1.29, 1.82) is 0 Å². The van der Waals surface area contributed by atoms with E-state index in [4.69, 9.17) is 5.73 Å². The number of aromatic nitrogens is 1. The first-order chi connectivity index (χ1) is 12.5. The topological polar surface area (TPSA) is 42.1 Å². The van der Waals surface area contributed by atoms with Gasteiger partial charge >= 0.3 is 0 Å². The first-order valence-electron chi connectivity index (χ1n) is 9.75. The molecule has 148 valence electrons. The van der Waals surface area contributed by atoms with E-state index in [1.807, 2.05) is 19.2 Å². The number of halogens is 1. The second-order valence-corrected chi connectivity index (χ2v) is 10.2. The zero-order valence-electron chi connectivity index (χ0n) is 17.2. The molecule has 1 atom stereocenters. The second kappa shape index (κ2) is 7.26. The van der Waals surface area contributed by atoms with Gasteiger partial charge in [-0.05, 0) is 84.2 Å². The Morgan fingerprint density at radius 2 is 1.96 bits per heavy atom. The van der Waals surface area contributed by atoms with Crippen molar-refractivity contribution in [3.63, 3.8) is 0 Å². The van der Waals surface area contributed by atoms with Crippen LogP contribution in [0.3, 0.4) is 0 Å². The molecular weight excluding hydrogens is 357 g/mol. The molecule has 2 aromatic rings. The lowest BCUT2D eigenvalue weighted by Gasteiger charge is -2.44. The van der Waals surface area contributed by atoms with Crippen LogP contribution in [0.4, 0.5) is 4.39 Å². The van der Waals surface area contributed by atoms with Crippen LogP contribution in [0.15, 0.2) is 30.5 Å². The van der Waals surface area contributed by atoms with Crippen LogP contribution >= 0.6 is 11.3 Å². The first kappa shape index (κ1) is 20.4. The number of hydrogen-bond donors (Lipinski definition) is 1. The van der Waals surface area contributed by atoms with Crippen LogP contribution in [0.1, 0.15) is 56.7 Å². The highest BCUT2D eigenvalue weighted by molar-refractivity contribution is 7.10. The first-order valence-corrected chi connectivity index (χ1v) is 10.6. The fourth-order valence-corrected chi connectivity index (χ4v) is 4.99. The van der Waals surface area contributed by atoms with Gasteiger partial charge in [-0.25, -0.2) is 0 Å². The van der Waals surface area contributed by atoms with Gasteiger partial charge in [0.1, 0.15) is 0 Å². The third kappa shape index (κ3) is 4.10. The maximum absolute atomic E-state index is 13.4. The predicted octanol–water partition coefficient (Wildman–Crippen LogP) is 4.89. The van der Waals surface area contributed by atoms with Gasteiger partial charge in [0, 0.05) is 39.8 Å². The molecule has 0 aromatic carbocycles. The highest BCUT2D eigenvalue weighted by Gasteiger charge is 2.50. The molecule has 0 spiro atoms. The summed E-state index contributed by atoms with van der Waals surface area (Å²) in [6.07, 6.45) is 4.93. The fourth-order valence-electron chi connectivity index (χ4n) is 4.26. The van der Waals surface area contributed by atoms with Crippen LogP contribution in [-0.4, -0.2) is 28.5 Å². The summed E-state index contributed by atoms with van der Waals surface area (Å²) in [5, 5.41) is -0.105. The Bertz CT molecular complexity index is 776. The van der Waals surface area contributed by atoms with E-state index in [1.165, 1.54) is 16.9 Å². The van der Waals surface area contributed by atoms with E-state index < -0.39 is 0 Å². The largest absolute Gasteiger partial charge is 0.325 e. The molecule has 1 aliphatic heterocycles. The zero-order valence-corrected chi connectivity index (χ0v) is 18.0. The maximum atomic E-state index is 13.4. The third-order valence-corrected chi connectivity index (χ3v) is 7.54. The molecule has 5 heteroatoms. The minimum absolute atomic E-state index is 0.0167. The van der Waals surface area contributed by atoms with Gasteiger partial charge in [0.15, 0.2) is 5.13 Å². The molecule has 3 nitrogen and oxygen atoms in total. The molecule has 1 aliphatic rings. The Balaban J connectivity index is 1.80. The van der Waals surface area contributed by atoms with E-state index >= 15 is 0 Å². The molecule has 0 bridgehead atoms. The zero-order chi connectivity index (χ0) is 19.9. The molecule has 0 amide bonds. The van der Waals surface area contributed by atoms with E-state index in [2.05, 4.69) is 49.7 Å². The van der Waals surface area contributed by atoms with Crippen molar-refractivity contribution in [1.82, 2.24) is 9.88 Å². The maximum Gasteiger partial charge on any atom is 0.176 e. The van der Waals surface area contributed by atoms with Crippen LogP contribution in [-0.2, 0) is 12.0 Å². The Morgan fingerprint density at radius 1 is 1.22 bits per heavy atom. The summed E-state index contributed by atoms with van der Waals surface area (Å²) in [6.45, 7) is 12.8. The number of hydrogen-bond acceptors (Lipinski definition) is 4. The van der Waals surface area contributed by atoms with E-state index in [0.717, 1.165) is 42.9 Å². The van der Waals surface area contributed by atoms with Gasteiger partial charge < -0.3 is 5.73 Å². The van der Waals surface area contributed by atoms with Gasteiger partial charge in [0.2, 0.25) is 0 Å². The SMILES string of the molecule is Cc1ccc(C(C)(C)N2CCC(CCc3ccc(F)s3)(C(C)(C)N)C2)cn1. The molecule has 27 heavy (non-hydrogen) atoms. The average molecular weight is 390 g/mol. The van der Waals surface area contributed by atoms with E-state index in [0.29, 0.717) is 0 Å². The summed E-state index contributed by atoms with van der Waals surface area (Å²) < 4.78 is 13.4. The summed E-state index contributed by atoms with van der Waals surface area (Å²) in [7, 11) is 0. The molecule has 0 saturated carbocycles. The van der Waals surface area contributed by atoms with Gasteiger partial charge in [0.05, 0.1) is 0 Å². The van der Waals surface area contributed by atoms with Crippen molar-refractivity contribution in [2.75, 3.05) is 13.1 Å². The molecule has 0 radical (unpaired) electrons. The highest BCUT2D eigenvalue weighted by Crippen LogP contribution is 2.47. The molecular formula is C22H32FN3S. The monoisotopic (exact) mass is 389 g/mol. The standard InChI is InChI=1S/C22H32FN3S/c1-16-6-7-17(14-25-16)20(2,3)26-13-12-22(15-26,21(4,5)24)11-10-18-8-9-19(23)27-18/h6-9,14H,10-13,15,24H2,1-5H3. The Hall–Kier alpha value is -1.30. The van der Waals surface area contributed by atoms with Crippen molar-refractivity contribution in [2.45, 2.75) is 65.0 Å². The Labute approximate surface area is 166 Å². The predicted molar refractivity (Wildman–Crippen MR) is 111 cm³/mol. The number of pyridine rings is 1. The van der Waals surface area contributed by atoms with E-state index in [9.17, 15) is 4.39 Å². The van der Waals surface area contributed by atoms with Crippen molar-refractivity contribution in [2.24, 2.45) is 11.1 Å². The van der Waals surface area contributed by atoms with Crippen molar-refractivity contribution in [3.8, 4) is 0 Å². The van der Waals surface area contributed by atoms with Crippen molar-refractivity contribution in [3.05, 3.63) is 51.7 Å². The number of nitrogens with zero attached hydrogens (tertiary/aromatic N) is 2. The molecule has 1 saturated heterocycles. The molecule has 1 unspecified atom stereocenters. The molecule has 2 N–H and O–H groups in total. The van der Waals surface area contributed by atoms with Gasteiger partial charge in [-0.1, -0.05) is 6.07 Å². The Morgan fingerprint density at radius 3 is 2.52 bits per heavy atom. The lowest BCUT2D eigenvalue weighted by molar-refractivity contribution is 0.0924. The average Bonchev–Trinajstić information content (AvgIpc) is 3.20. The molecule has 3 rings (SSSR count). The normalized spacial score (nSPS) is 21.7. The number of thiophene rings is 1. The van der Waals surface area contributed by atoms with Crippen LogP contribution in [0.5, 0.6) is 0 Å². The summed E-state index contributed by atoms with van der Waals surface area (Å²) in [6, 6.07) is 7.74. The quantitative estimate of drug-likeness (QED) is 0.765. The lowest BCUT2D eigenvalue weighted by Crippen LogP contribution is -2.53. The number of rotatable bonds is 6. The number of aryl methyl sites for hydroxylation is 2. The molecule has 2 aromatic heterocycles. The fraction of sp³-hybridized carbons (Fsp3) is 0.591. The van der Waals surface area contributed by atoms with Crippen LogP contribution in [0, 0.1) is 17.5 Å². The van der Waals surface area contributed by atoms with Crippen LogP contribution in [0.25, 0.3) is 0 Å². The number of nitrogens with two attached hydrogens (primary N) is 1. The van der Waals surface area contributed by atoms with Crippen LogP contribution in [0.2, 0.25) is 0 Å².